The average Bonchev–Trinajstić information content (AvgIpc) is 3.16. The molecule has 0 aliphatic carbocycles. The van der Waals surface area contributed by atoms with Crippen molar-refractivity contribution in [3.8, 4) is 11.8 Å². The molecule has 0 amide bonds. The first-order chi connectivity index (χ1) is 14.6. The highest BCUT2D eigenvalue weighted by molar-refractivity contribution is 5.90. The molecule has 30 heavy (non-hydrogen) atoms. The Morgan fingerprint density at radius 2 is 1.77 bits per heavy atom. The van der Waals surface area contributed by atoms with Gasteiger partial charge in [-0.15, -0.1) is 0 Å². The third kappa shape index (κ3) is 4.13. The molecule has 146 valence electrons. The van der Waals surface area contributed by atoms with Crippen LogP contribution in [0.5, 0.6) is 5.75 Å². The predicted octanol–water partition coefficient (Wildman–Crippen LogP) is 5.52. The summed E-state index contributed by atoms with van der Waals surface area (Å²) >= 11 is 0. The topological polar surface area (TPSA) is 65.9 Å². The highest BCUT2D eigenvalue weighted by Crippen LogP contribution is 2.23. The van der Waals surface area contributed by atoms with E-state index in [0.29, 0.717) is 11.3 Å². The van der Waals surface area contributed by atoms with E-state index in [4.69, 9.17) is 4.74 Å². The number of para-hydroxylation sites is 1. The number of ether oxygens (including phenoxy) is 1. The number of aromatic nitrogens is 1. The first-order valence-electron chi connectivity index (χ1n) is 9.36. The summed E-state index contributed by atoms with van der Waals surface area (Å²) in [6.07, 6.45) is 3.55. The van der Waals surface area contributed by atoms with Gasteiger partial charge in [-0.3, -0.25) is 4.79 Å². The van der Waals surface area contributed by atoms with Gasteiger partial charge in [-0.25, -0.2) is 4.39 Å². The SMILES string of the molecule is N#C/C(=C/c1ccc(OC(=O)Cc2c[nH]c3ccccc23)cc1)c1ccccc1F. The number of H-pyrrole nitrogens is 1. The molecule has 3 aromatic carbocycles. The van der Waals surface area contributed by atoms with E-state index in [-0.39, 0.29) is 23.5 Å². The maximum atomic E-state index is 13.9. The summed E-state index contributed by atoms with van der Waals surface area (Å²) in [5.41, 5.74) is 3.01. The van der Waals surface area contributed by atoms with Gasteiger partial charge in [0.05, 0.1) is 18.1 Å². The Morgan fingerprint density at radius 3 is 2.53 bits per heavy atom. The monoisotopic (exact) mass is 396 g/mol. The highest BCUT2D eigenvalue weighted by Gasteiger charge is 2.11. The number of carbonyl (C=O) groups is 1. The zero-order chi connectivity index (χ0) is 20.9. The Labute approximate surface area is 172 Å². The molecule has 4 rings (SSSR count). The number of nitrogens with zero attached hydrogens (tertiary/aromatic N) is 1. The number of hydrogen-bond acceptors (Lipinski definition) is 3. The number of nitriles is 1. The average molecular weight is 396 g/mol. The fraction of sp³-hybridized carbons (Fsp3) is 0.0400. The number of fused-ring (bicyclic) bond motifs is 1. The summed E-state index contributed by atoms with van der Waals surface area (Å²) in [5, 5.41) is 10.4. The number of hydrogen-bond donors (Lipinski definition) is 1. The second-order valence-electron chi connectivity index (χ2n) is 6.73. The Hall–Kier alpha value is -4.17. The van der Waals surface area contributed by atoms with Gasteiger partial charge in [0.25, 0.3) is 0 Å². The lowest BCUT2D eigenvalue weighted by Crippen LogP contribution is -2.10. The molecule has 0 bridgehead atoms. The van der Waals surface area contributed by atoms with Crippen molar-refractivity contribution in [1.29, 1.82) is 5.26 Å². The molecule has 0 saturated heterocycles. The molecule has 0 atom stereocenters. The van der Waals surface area contributed by atoms with E-state index in [1.807, 2.05) is 36.5 Å². The molecule has 4 aromatic rings. The van der Waals surface area contributed by atoms with E-state index in [1.54, 1.807) is 48.5 Å². The maximum absolute atomic E-state index is 13.9. The third-order valence-electron chi connectivity index (χ3n) is 4.72. The number of allylic oxidation sites excluding steroid dienone is 1. The van der Waals surface area contributed by atoms with Gasteiger partial charge in [0.1, 0.15) is 11.6 Å². The van der Waals surface area contributed by atoms with Crippen molar-refractivity contribution in [3.63, 3.8) is 0 Å². The summed E-state index contributed by atoms with van der Waals surface area (Å²) in [6, 6.07) is 22.7. The van der Waals surface area contributed by atoms with Crippen LogP contribution < -0.4 is 4.74 Å². The van der Waals surface area contributed by atoms with Crippen molar-refractivity contribution >= 4 is 28.5 Å². The fourth-order valence-corrected chi connectivity index (χ4v) is 3.25. The van der Waals surface area contributed by atoms with E-state index in [0.717, 1.165) is 16.5 Å². The second kappa shape index (κ2) is 8.46. The van der Waals surface area contributed by atoms with Crippen molar-refractivity contribution in [3.05, 3.63) is 102 Å². The molecule has 0 spiro atoms. The van der Waals surface area contributed by atoms with Crippen LogP contribution in [0, 0.1) is 17.1 Å². The van der Waals surface area contributed by atoms with Crippen LogP contribution in [0.4, 0.5) is 4.39 Å². The summed E-state index contributed by atoms with van der Waals surface area (Å²) in [6.45, 7) is 0. The van der Waals surface area contributed by atoms with E-state index >= 15 is 0 Å². The largest absolute Gasteiger partial charge is 0.426 e. The summed E-state index contributed by atoms with van der Waals surface area (Å²) in [4.78, 5) is 15.5. The minimum absolute atomic E-state index is 0.150. The van der Waals surface area contributed by atoms with Gasteiger partial charge < -0.3 is 9.72 Å². The van der Waals surface area contributed by atoms with Gasteiger partial charge in [0.15, 0.2) is 0 Å². The van der Waals surface area contributed by atoms with Crippen molar-refractivity contribution in [1.82, 2.24) is 4.98 Å². The smallest absolute Gasteiger partial charge is 0.315 e. The highest BCUT2D eigenvalue weighted by atomic mass is 19.1. The summed E-state index contributed by atoms with van der Waals surface area (Å²) in [5.74, 6) is -0.415. The Kier molecular flexibility index (Phi) is 5.40. The molecule has 1 heterocycles. The normalized spacial score (nSPS) is 11.3. The molecule has 1 aromatic heterocycles. The Morgan fingerprint density at radius 1 is 1.03 bits per heavy atom. The van der Waals surface area contributed by atoms with Gasteiger partial charge in [-0.2, -0.15) is 5.26 Å². The van der Waals surface area contributed by atoms with Crippen LogP contribution >= 0.6 is 0 Å². The molecule has 1 N–H and O–H groups in total. The number of aromatic amines is 1. The standard InChI is InChI=1S/C25H17FN2O2/c26-23-7-3-1-5-21(23)18(15-27)13-17-9-11-20(12-10-17)30-25(29)14-19-16-28-24-8-4-2-6-22(19)24/h1-13,16,28H,14H2/b18-13-. The summed E-state index contributed by atoms with van der Waals surface area (Å²) in [7, 11) is 0. The zero-order valence-electron chi connectivity index (χ0n) is 15.9. The van der Waals surface area contributed by atoms with Gasteiger partial charge in [0.2, 0.25) is 0 Å². The quantitative estimate of drug-likeness (QED) is 0.209. The van der Waals surface area contributed by atoms with Gasteiger partial charge in [-0.05, 0) is 41.5 Å². The van der Waals surface area contributed by atoms with Crippen LogP contribution in [0.1, 0.15) is 16.7 Å². The van der Waals surface area contributed by atoms with Gasteiger partial charge in [0, 0.05) is 22.7 Å². The lowest BCUT2D eigenvalue weighted by atomic mass is 10.0. The van der Waals surface area contributed by atoms with Gasteiger partial charge in [-0.1, -0.05) is 48.5 Å². The molecule has 0 aliphatic rings. The minimum Gasteiger partial charge on any atom is -0.426 e. The number of halogens is 1. The first-order valence-corrected chi connectivity index (χ1v) is 9.36. The number of nitrogens with one attached hydrogen (secondary N) is 1. The Balaban J connectivity index is 1.46. The number of rotatable bonds is 5. The molecule has 0 radical (unpaired) electrons. The van der Waals surface area contributed by atoms with Crippen molar-refractivity contribution < 1.29 is 13.9 Å². The number of benzene rings is 3. The van der Waals surface area contributed by atoms with Crippen LogP contribution in [0.2, 0.25) is 0 Å². The van der Waals surface area contributed by atoms with E-state index in [1.165, 1.54) is 6.07 Å². The molecular formula is C25H17FN2O2. The molecule has 0 aliphatic heterocycles. The lowest BCUT2D eigenvalue weighted by Gasteiger charge is -2.05. The van der Waals surface area contributed by atoms with E-state index in [9.17, 15) is 14.4 Å². The van der Waals surface area contributed by atoms with Crippen LogP contribution in [-0.2, 0) is 11.2 Å². The summed E-state index contributed by atoms with van der Waals surface area (Å²) < 4.78 is 19.4. The number of carbonyl (C=O) groups excluding carboxylic acids is 1. The third-order valence-corrected chi connectivity index (χ3v) is 4.72. The van der Waals surface area contributed by atoms with Crippen molar-refractivity contribution in [2.45, 2.75) is 6.42 Å². The molecule has 0 fully saturated rings. The zero-order valence-corrected chi connectivity index (χ0v) is 15.9. The first kappa shape index (κ1) is 19.2. The van der Waals surface area contributed by atoms with Crippen LogP contribution in [-0.4, -0.2) is 11.0 Å². The van der Waals surface area contributed by atoms with Crippen molar-refractivity contribution in [2.75, 3.05) is 0 Å². The maximum Gasteiger partial charge on any atom is 0.315 e. The Bertz CT molecular complexity index is 1280. The van der Waals surface area contributed by atoms with Crippen LogP contribution in [0.25, 0.3) is 22.6 Å². The van der Waals surface area contributed by atoms with E-state index < -0.39 is 5.82 Å². The van der Waals surface area contributed by atoms with Crippen LogP contribution in [0.3, 0.4) is 0 Å². The van der Waals surface area contributed by atoms with Gasteiger partial charge >= 0.3 is 5.97 Å². The van der Waals surface area contributed by atoms with Crippen molar-refractivity contribution in [2.24, 2.45) is 0 Å². The minimum atomic E-state index is -0.451. The van der Waals surface area contributed by atoms with E-state index in [2.05, 4.69) is 4.98 Å². The molecule has 0 saturated carbocycles. The van der Waals surface area contributed by atoms with Crippen LogP contribution in [0.15, 0.2) is 79.0 Å². The predicted molar refractivity (Wildman–Crippen MR) is 114 cm³/mol. The fourth-order valence-electron chi connectivity index (χ4n) is 3.25. The second-order valence-corrected chi connectivity index (χ2v) is 6.73. The molecule has 5 heteroatoms. The lowest BCUT2D eigenvalue weighted by molar-refractivity contribution is -0.133. The number of esters is 1. The molecular weight excluding hydrogens is 379 g/mol. The molecule has 0 unspecified atom stereocenters. The molecule has 4 nitrogen and oxygen atoms in total.